The maximum absolute atomic E-state index is 13.7. The van der Waals surface area contributed by atoms with Crippen LogP contribution in [0.4, 0.5) is 0 Å². The van der Waals surface area contributed by atoms with Gasteiger partial charge >= 0.3 is 5.97 Å². The van der Waals surface area contributed by atoms with E-state index in [0.29, 0.717) is 38.4 Å². The molecule has 4 aromatic rings. The molecule has 5 aliphatic rings. The van der Waals surface area contributed by atoms with E-state index in [0.717, 1.165) is 51.7 Å². The Morgan fingerprint density at radius 3 is 2.56 bits per heavy atom. The number of carbonyl (C=O) groups is 2. The van der Waals surface area contributed by atoms with Gasteiger partial charge in [0.25, 0.3) is 5.91 Å². The van der Waals surface area contributed by atoms with Crippen LogP contribution in [0.1, 0.15) is 70.8 Å². The third-order valence-corrected chi connectivity index (χ3v) is 9.45. The molecule has 224 valence electrons. The van der Waals surface area contributed by atoms with Crippen LogP contribution in [-0.4, -0.2) is 52.0 Å². The third-order valence-electron chi connectivity index (χ3n) is 8.85. The molecule has 0 saturated heterocycles. The van der Waals surface area contributed by atoms with E-state index < -0.39 is 5.41 Å². The Bertz CT molecular complexity index is 1730. The number of hydrogen-bond donors (Lipinski definition) is 0. The lowest BCUT2D eigenvalue weighted by Gasteiger charge is -2.35. The Morgan fingerprint density at radius 1 is 1.05 bits per heavy atom. The summed E-state index contributed by atoms with van der Waals surface area (Å²) in [5.41, 5.74) is 6.22. The molecule has 1 atom stereocenters. The molecule has 3 aromatic carbocycles. The summed E-state index contributed by atoms with van der Waals surface area (Å²) in [5, 5.41) is 9.55. The molecule has 6 heterocycles. The van der Waals surface area contributed by atoms with Crippen LogP contribution in [0.25, 0.3) is 11.0 Å². The fourth-order valence-corrected chi connectivity index (χ4v) is 7.13. The summed E-state index contributed by atoms with van der Waals surface area (Å²) in [6, 6.07) is 13.8. The first-order valence-corrected chi connectivity index (χ1v) is 15.3. The van der Waals surface area contributed by atoms with E-state index in [1.807, 2.05) is 31.5 Å². The maximum atomic E-state index is 13.7. The number of aromatic nitrogens is 3. The lowest BCUT2D eigenvalue weighted by molar-refractivity contribution is -0.151. The Kier molecular flexibility index (Phi) is 7.86. The van der Waals surface area contributed by atoms with Crippen LogP contribution in [0.15, 0.2) is 42.5 Å². The number of rotatable bonds is 2. The minimum atomic E-state index is -0.903. The molecular formula is C33H34Cl2N4O4. The van der Waals surface area contributed by atoms with Crippen molar-refractivity contribution in [2.75, 3.05) is 20.3 Å². The van der Waals surface area contributed by atoms with E-state index in [9.17, 15) is 9.59 Å². The Hall–Kier alpha value is -3.62. The highest BCUT2D eigenvalue weighted by molar-refractivity contribution is 6.39. The number of hydrogen-bond acceptors (Lipinski definition) is 6. The summed E-state index contributed by atoms with van der Waals surface area (Å²) in [7, 11) is 1.42. The molecule has 1 aromatic heterocycles. The van der Waals surface area contributed by atoms with Crippen molar-refractivity contribution in [2.24, 2.45) is 5.41 Å². The van der Waals surface area contributed by atoms with Crippen molar-refractivity contribution >= 4 is 46.1 Å². The van der Waals surface area contributed by atoms with Crippen LogP contribution in [0.5, 0.6) is 5.75 Å². The van der Waals surface area contributed by atoms with E-state index in [2.05, 4.69) is 34.6 Å². The predicted molar refractivity (Wildman–Crippen MR) is 166 cm³/mol. The quantitative estimate of drug-likeness (QED) is 0.230. The smallest absolute Gasteiger partial charge is 0.312 e. The number of esters is 1. The molecule has 5 aliphatic heterocycles. The fourth-order valence-electron chi connectivity index (χ4n) is 6.51. The van der Waals surface area contributed by atoms with E-state index in [1.54, 1.807) is 17.0 Å². The van der Waals surface area contributed by atoms with E-state index >= 15 is 0 Å². The summed E-state index contributed by atoms with van der Waals surface area (Å²) < 4.78 is 13.2. The summed E-state index contributed by atoms with van der Waals surface area (Å²) in [5.74, 6) is -0.345. The van der Waals surface area contributed by atoms with Crippen molar-refractivity contribution in [1.82, 2.24) is 19.9 Å². The molecule has 43 heavy (non-hydrogen) atoms. The van der Waals surface area contributed by atoms with E-state index in [1.165, 1.54) is 7.11 Å². The zero-order valence-electron chi connectivity index (χ0n) is 24.7. The number of ether oxygens (including phenoxy) is 2. The van der Waals surface area contributed by atoms with Crippen molar-refractivity contribution in [1.29, 1.82) is 0 Å². The molecule has 9 bridgehead atoms. The predicted octanol–water partition coefficient (Wildman–Crippen LogP) is 6.75. The van der Waals surface area contributed by atoms with Gasteiger partial charge in [0.15, 0.2) is 0 Å². The van der Waals surface area contributed by atoms with Crippen LogP contribution >= 0.6 is 23.2 Å². The van der Waals surface area contributed by atoms with Gasteiger partial charge in [-0.25, -0.2) is 4.68 Å². The Morgan fingerprint density at radius 2 is 1.81 bits per heavy atom. The van der Waals surface area contributed by atoms with Crippen molar-refractivity contribution in [2.45, 2.75) is 59.0 Å². The largest absolute Gasteiger partial charge is 0.493 e. The standard InChI is InChI=1S/C33H34Cl2N4O4/c1-19-24-9-10-27-30(19)36-37-39(27)12-5-6-14-43-23-16-25(34)28(26(35)17-23)31(40)38-13-11-20-7-8-21(15-22(20)18-38)29(24)33(2,3)32(41)42-4/h7-10,15-17,29H,5-6,11-14,18H2,1-4H3. The molecule has 0 aliphatic carbocycles. The Balaban J connectivity index is 1.51. The van der Waals surface area contributed by atoms with Gasteiger partial charge in [-0.15, -0.1) is 5.10 Å². The van der Waals surface area contributed by atoms with Gasteiger partial charge in [-0.1, -0.05) is 52.7 Å². The summed E-state index contributed by atoms with van der Waals surface area (Å²) in [6.45, 7) is 7.93. The highest BCUT2D eigenvalue weighted by atomic mass is 35.5. The van der Waals surface area contributed by atoms with Gasteiger partial charge in [0.2, 0.25) is 0 Å². The molecule has 0 saturated carbocycles. The normalized spacial score (nSPS) is 17.4. The van der Waals surface area contributed by atoms with E-state index in [-0.39, 0.29) is 33.4 Å². The first-order valence-electron chi connectivity index (χ1n) is 14.5. The Labute approximate surface area is 260 Å². The second-order valence-electron chi connectivity index (χ2n) is 11.9. The zero-order valence-corrected chi connectivity index (χ0v) is 26.3. The van der Waals surface area contributed by atoms with Gasteiger partial charge in [0, 0.05) is 25.6 Å². The molecule has 9 rings (SSSR count). The second kappa shape index (κ2) is 11.5. The van der Waals surface area contributed by atoms with Gasteiger partial charge < -0.3 is 14.4 Å². The van der Waals surface area contributed by atoms with Gasteiger partial charge in [-0.2, -0.15) is 0 Å². The number of nitrogens with zero attached hydrogens (tertiary/aromatic N) is 4. The summed E-state index contributed by atoms with van der Waals surface area (Å²) in [4.78, 5) is 28.8. The second-order valence-corrected chi connectivity index (χ2v) is 12.7. The van der Waals surface area contributed by atoms with Crippen molar-refractivity contribution < 1.29 is 19.1 Å². The molecule has 8 nitrogen and oxygen atoms in total. The number of aryl methyl sites for hydroxylation is 2. The van der Waals surface area contributed by atoms with Crippen LogP contribution in [0.3, 0.4) is 0 Å². The highest BCUT2D eigenvalue weighted by Gasteiger charge is 2.41. The lowest BCUT2D eigenvalue weighted by Crippen LogP contribution is -2.37. The molecule has 1 unspecified atom stereocenters. The number of halogens is 2. The molecule has 0 spiro atoms. The van der Waals surface area contributed by atoms with Gasteiger partial charge in [0.05, 0.1) is 40.3 Å². The first-order chi connectivity index (χ1) is 20.6. The van der Waals surface area contributed by atoms with E-state index in [4.69, 9.17) is 32.7 Å². The number of benzene rings is 3. The summed E-state index contributed by atoms with van der Waals surface area (Å²) >= 11 is 13.2. The van der Waals surface area contributed by atoms with Crippen LogP contribution in [-0.2, 0) is 29.0 Å². The molecule has 0 N–H and O–H groups in total. The topological polar surface area (TPSA) is 86.5 Å². The van der Waals surface area contributed by atoms with Gasteiger partial charge in [0.1, 0.15) is 11.3 Å². The zero-order chi connectivity index (χ0) is 30.5. The summed E-state index contributed by atoms with van der Waals surface area (Å²) in [6.07, 6.45) is 2.28. The minimum Gasteiger partial charge on any atom is -0.493 e. The number of amides is 1. The maximum Gasteiger partial charge on any atom is 0.312 e. The molecule has 0 fully saturated rings. The van der Waals surface area contributed by atoms with Crippen LogP contribution in [0.2, 0.25) is 10.0 Å². The average Bonchev–Trinajstić information content (AvgIpc) is 3.40. The van der Waals surface area contributed by atoms with Crippen LogP contribution < -0.4 is 4.74 Å². The fraction of sp³-hybridized carbons (Fsp3) is 0.394. The molecule has 0 radical (unpaired) electrons. The van der Waals surface area contributed by atoms with Gasteiger partial charge in [-0.05, 0) is 86.1 Å². The highest BCUT2D eigenvalue weighted by Crippen LogP contribution is 2.45. The minimum absolute atomic E-state index is 0.224. The van der Waals surface area contributed by atoms with Crippen LogP contribution in [0, 0.1) is 12.3 Å². The van der Waals surface area contributed by atoms with Crippen molar-refractivity contribution in [3.63, 3.8) is 0 Å². The average molecular weight is 622 g/mol. The molecular weight excluding hydrogens is 587 g/mol. The number of carbonyl (C=O) groups excluding carboxylic acids is 2. The van der Waals surface area contributed by atoms with Crippen molar-refractivity contribution in [3.8, 4) is 5.75 Å². The van der Waals surface area contributed by atoms with Crippen molar-refractivity contribution in [3.05, 3.63) is 85.9 Å². The van der Waals surface area contributed by atoms with Gasteiger partial charge in [-0.3, -0.25) is 9.59 Å². The first kappa shape index (κ1) is 29.5. The monoisotopic (exact) mass is 620 g/mol. The third kappa shape index (κ3) is 5.25. The molecule has 1 amide bonds. The number of methoxy groups -OCH3 is 1. The lowest BCUT2D eigenvalue weighted by atomic mass is 9.69. The molecule has 10 heteroatoms. The SMILES string of the molecule is COC(=O)C(C)(C)C1c2ccc3c(c2)CN(CC3)C(=O)c2c(Cl)cc(cc2Cl)OCCCCn2nnc3c(C)c1ccc32.